The van der Waals surface area contributed by atoms with Gasteiger partial charge < -0.3 is 15.8 Å². The van der Waals surface area contributed by atoms with E-state index in [1.54, 1.807) is 0 Å². The number of nitrogens with one attached hydrogen (secondary N) is 1. The van der Waals surface area contributed by atoms with Gasteiger partial charge in [0.25, 0.3) is 0 Å². The van der Waals surface area contributed by atoms with Crippen LogP contribution < -0.4 is 11.1 Å². The second-order valence-corrected chi connectivity index (χ2v) is 6.77. The lowest BCUT2D eigenvalue weighted by molar-refractivity contribution is 0.114. The van der Waals surface area contributed by atoms with Gasteiger partial charge in [-0.1, -0.05) is 41.4 Å². The Bertz CT molecular complexity index is 492. The van der Waals surface area contributed by atoms with Crippen LogP contribution in [0.2, 0.25) is 0 Å². The summed E-state index contributed by atoms with van der Waals surface area (Å²) in [5.74, 6) is 1.04. The van der Waals surface area contributed by atoms with Crippen LogP contribution >= 0.6 is 39.9 Å². The molecule has 0 spiro atoms. The fourth-order valence-corrected chi connectivity index (χ4v) is 3.09. The fourth-order valence-electron chi connectivity index (χ4n) is 2.64. The van der Waals surface area contributed by atoms with E-state index < -0.39 is 0 Å². The highest BCUT2D eigenvalue weighted by Gasteiger charge is 2.15. The minimum atomic E-state index is 0. The summed E-state index contributed by atoms with van der Waals surface area (Å²) in [6.07, 6.45) is 4.67. The zero-order valence-electron chi connectivity index (χ0n) is 13.6. The normalized spacial score (nSPS) is 19.2. The summed E-state index contributed by atoms with van der Waals surface area (Å²) in [6.45, 7) is 4.59. The average Bonchev–Trinajstić information content (AvgIpc) is 3.03. The van der Waals surface area contributed by atoms with Crippen molar-refractivity contribution in [2.75, 3.05) is 19.7 Å². The molecule has 6 heteroatoms. The van der Waals surface area contributed by atoms with Gasteiger partial charge in [0, 0.05) is 24.2 Å². The predicted molar refractivity (Wildman–Crippen MR) is 111 cm³/mol. The van der Waals surface area contributed by atoms with E-state index in [0.717, 1.165) is 49.9 Å². The lowest BCUT2D eigenvalue weighted by Crippen LogP contribution is -2.37. The minimum absolute atomic E-state index is 0. The molecular weight excluding hydrogens is 469 g/mol. The van der Waals surface area contributed by atoms with Crippen LogP contribution in [0.1, 0.15) is 31.7 Å². The van der Waals surface area contributed by atoms with E-state index >= 15 is 0 Å². The van der Waals surface area contributed by atoms with Crippen molar-refractivity contribution in [2.24, 2.45) is 16.6 Å². The standard InChI is InChI=1S/C17H26BrN3O.HI/c1-2-13(9-14-5-3-6-15(18)10-14)11-20-17(19)21-12-16-7-4-8-22-16;/h3,5-6,10,13,16H,2,4,7-9,11-12H2,1H3,(H3,19,20,21);1H. The number of aliphatic imine (C=N–C) groups is 1. The monoisotopic (exact) mass is 495 g/mol. The minimum Gasteiger partial charge on any atom is -0.376 e. The molecule has 3 N–H and O–H groups in total. The lowest BCUT2D eigenvalue weighted by Gasteiger charge is -2.14. The van der Waals surface area contributed by atoms with E-state index in [0.29, 0.717) is 11.9 Å². The highest BCUT2D eigenvalue weighted by Crippen LogP contribution is 2.17. The van der Waals surface area contributed by atoms with Crippen molar-refractivity contribution < 1.29 is 4.74 Å². The summed E-state index contributed by atoms with van der Waals surface area (Å²) in [5.41, 5.74) is 7.28. The van der Waals surface area contributed by atoms with Crippen molar-refractivity contribution in [2.45, 2.75) is 38.7 Å². The molecule has 0 saturated carbocycles. The number of nitrogens with two attached hydrogens (primary N) is 1. The number of ether oxygens (including phenoxy) is 1. The Morgan fingerprint density at radius 2 is 2.35 bits per heavy atom. The number of rotatable bonds is 7. The van der Waals surface area contributed by atoms with E-state index in [-0.39, 0.29) is 30.1 Å². The second kappa shape index (κ2) is 11.3. The van der Waals surface area contributed by atoms with Gasteiger partial charge in [0.1, 0.15) is 0 Å². The van der Waals surface area contributed by atoms with Gasteiger partial charge in [0.2, 0.25) is 0 Å². The zero-order chi connectivity index (χ0) is 15.8. The molecule has 0 radical (unpaired) electrons. The summed E-state index contributed by atoms with van der Waals surface area (Å²) < 4.78 is 6.69. The molecule has 2 unspecified atom stereocenters. The van der Waals surface area contributed by atoms with Crippen LogP contribution in [-0.2, 0) is 11.2 Å². The maximum Gasteiger partial charge on any atom is 0.188 e. The molecule has 0 bridgehead atoms. The maximum atomic E-state index is 5.95. The first-order chi connectivity index (χ1) is 10.7. The van der Waals surface area contributed by atoms with Gasteiger partial charge >= 0.3 is 0 Å². The van der Waals surface area contributed by atoms with Gasteiger partial charge in [-0.05, 0) is 42.9 Å². The van der Waals surface area contributed by atoms with E-state index in [2.05, 4.69) is 57.4 Å². The van der Waals surface area contributed by atoms with Crippen LogP contribution in [0.3, 0.4) is 0 Å². The van der Waals surface area contributed by atoms with E-state index in [1.165, 1.54) is 5.56 Å². The third-order valence-electron chi connectivity index (χ3n) is 4.05. The number of benzene rings is 1. The van der Waals surface area contributed by atoms with Crippen molar-refractivity contribution in [3.63, 3.8) is 0 Å². The van der Waals surface area contributed by atoms with Crippen molar-refractivity contribution in [1.82, 2.24) is 5.32 Å². The third-order valence-corrected chi connectivity index (χ3v) is 4.54. The molecule has 1 aliphatic rings. The molecule has 1 fully saturated rings. The molecule has 0 amide bonds. The molecule has 130 valence electrons. The second-order valence-electron chi connectivity index (χ2n) is 5.85. The molecule has 1 aromatic rings. The summed E-state index contributed by atoms with van der Waals surface area (Å²) in [7, 11) is 0. The molecule has 0 aromatic heterocycles. The molecule has 2 atom stereocenters. The Balaban J connectivity index is 0.00000264. The number of guanidine groups is 1. The summed E-state index contributed by atoms with van der Waals surface area (Å²) >= 11 is 3.52. The Labute approximate surface area is 164 Å². The molecule has 1 saturated heterocycles. The number of hydrogen-bond donors (Lipinski definition) is 2. The van der Waals surface area contributed by atoms with Crippen molar-refractivity contribution in [3.8, 4) is 0 Å². The number of halogens is 2. The van der Waals surface area contributed by atoms with Crippen LogP contribution in [0.25, 0.3) is 0 Å². The van der Waals surface area contributed by atoms with E-state index in [4.69, 9.17) is 10.5 Å². The average molecular weight is 496 g/mol. The fraction of sp³-hybridized carbons (Fsp3) is 0.588. The van der Waals surface area contributed by atoms with Gasteiger partial charge in [-0.25, -0.2) is 0 Å². The first-order valence-corrected chi connectivity index (χ1v) is 8.86. The van der Waals surface area contributed by atoms with Crippen LogP contribution in [0.5, 0.6) is 0 Å². The maximum absolute atomic E-state index is 5.95. The summed E-state index contributed by atoms with van der Waals surface area (Å²) in [5, 5.41) is 3.17. The Hall–Kier alpha value is -0.340. The van der Waals surface area contributed by atoms with Crippen LogP contribution in [0, 0.1) is 5.92 Å². The topological polar surface area (TPSA) is 59.6 Å². The predicted octanol–water partition coefficient (Wildman–Crippen LogP) is 3.72. The van der Waals surface area contributed by atoms with Gasteiger partial charge in [-0.2, -0.15) is 0 Å². The largest absolute Gasteiger partial charge is 0.376 e. The van der Waals surface area contributed by atoms with E-state index in [9.17, 15) is 0 Å². The first-order valence-electron chi connectivity index (χ1n) is 8.07. The van der Waals surface area contributed by atoms with E-state index in [1.807, 2.05) is 0 Å². The molecule has 4 nitrogen and oxygen atoms in total. The molecule has 0 aliphatic carbocycles. The van der Waals surface area contributed by atoms with Gasteiger partial charge in [-0.3, -0.25) is 4.99 Å². The third kappa shape index (κ3) is 7.85. The SMILES string of the molecule is CCC(CN=C(N)NCC1CCCO1)Cc1cccc(Br)c1.I. The molecule has 1 aromatic carbocycles. The van der Waals surface area contributed by atoms with Gasteiger partial charge in [0.15, 0.2) is 5.96 Å². The highest BCUT2D eigenvalue weighted by atomic mass is 127. The first kappa shape index (κ1) is 20.7. The Kier molecular flexibility index (Phi) is 10.1. The van der Waals surface area contributed by atoms with Gasteiger partial charge in [-0.15, -0.1) is 24.0 Å². The lowest BCUT2D eigenvalue weighted by atomic mass is 9.97. The number of nitrogens with zero attached hydrogens (tertiary/aromatic N) is 1. The molecule has 1 aliphatic heterocycles. The van der Waals surface area contributed by atoms with Gasteiger partial charge in [0.05, 0.1) is 6.10 Å². The summed E-state index contributed by atoms with van der Waals surface area (Å²) in [4.78, 5) is 4.49. The van der Waals surface area contributed by atoms with Crippen LogP contribution in [-0.4, -0.2) is 31.8 Å². The van der Waals surface area contributed by atoms with Crippen molar-refractivity contribution >= 4 is 45.9 Å². The summed E-state index contributed by atoms with van der Waals surface area (Å²) in [6, 6.07) is 8.46. The quantitative estimate of drug-likeness (QED) is 0.344. The van der Waals surface area contributed by atoms with Crippen LogP contribution in [0.15, 0.2) is 33.7 Å². The molecule has 2 rings (SSSR count). The molecule has 1 heterocycles. The Morgan fingerprint density at radius 3 is 3.00 bits per heavy atom. The van der Waals surface area contributed by atoms with Crippen molar-refractivity contribution in [3.05, 3.63) is 34.3 Å². The Morgan fingerprint density at radius 1 is 1.52 bits per heavy atom. The number of hydrogen-bond acceptors (Lipinski definition) is 2. The molecular formula is C17H27BrIN3O. The van der Waals surface area contributed by atoms with Crippen molar-refractivity contribution in [1.29, 1.82) is 0 Å². The smallest absolute Gasteiger partial charge is 0.188 e. The highest BCUT2D eigenvalue weighted by molar-refractivity contribution is 14.0. The van der Waals surface area contributed by atoms with Crippen LogP contribution in [0.4, 0.5) is 0 Å². The zero-order valence-corrected chi connectivity index (χ0v) is 17.5. The molecule has 23 heavy (non-hydrogen) atoms.